The first-order valence-corrected chi connectivity index (χ1v) is 9.11. The molecule has 0 spiro atoms. The highest BCUT2D eigenvalue weighted by Gasteiger charge is 2.19. The van der Waals surface area contributed by atoms with E-state index in [4.69, 9.17) is 9.47 Å². The fraction of sp³-hybridized carbons (Fsp3) is 0.429. The first-order chi connectivity index (χ1) is 13.0. The van der Waals surface area contributed by atoms with E-state index in [9.17, 15) is 20.4 Å². The second-order valence-corrected chi connectivity index (χ2v) is 6.84. The largest absolute Gasteiger partial charge is 0.392 e. The van der Waals surface area contributed by atoms with Gasteiger partial charge in [0.25, 0.3) is 0 Å². The van der Waals surface area contributed by atoms with Gasteiger partial charge < -0.3 is 29.9 Å². The highest BCUT2D eigenvalue weighted by Crippen LogP contribution is 2.26. The quantitative estimate of drug-likeness (QED) is 0.609. The van der Waals surface area contributed by atoms with E-state index >= 15 is 0 Å². The molecule has 0 saturated carbocycles. The number of ether oxygens (including phenoxy) is 2. The van der Waals surface area contributed by atoms with Gasteiger partial charge in [-0.15, -0.1) is 0 Å². The normalized spacial score (nSPS) is 24.1. The summed E-state index contributed by atoms with van der Waals surface area (Å²) in [7, 11) is 0. The van der Waals surface area contributed by atoms with E-state index < -0.39 is 18.9 Å². The maximum Gasteiger partial charge on any atom is 0.184 e. The van der Waals surface area contributed by atoms with Crippen molar-refractivity contribution in [1.82, 2.24) is 0 Å². The van der Waals surface area contributed by atoms with E-state index in [1.165, 1.54) is 0 Å². The smallest absolute Gasteiger partial charge is 0.184 e. The Morgan fingerprint density at radius 3 is 2.41 bits per heavy atom. The van der Waals surface area contributed by atoms with Gasteiger partial charge >= 0.3 is 0 Å². The van der Waals surface area contributed by atoms with Gasteiger partial charge in [-0.05, 0) is 42.0 Å². The van der Waals surface area contributed by atoms with Gasteiger partial charge in [-0.25, -0.2) is 0 Å². The molecular weight excluding hydrogens is 348 g/mol. The van der Waals surface area contributed by atoms with Crippen LogP contribution in [0.3, 0.4) is 0 Å². The molecule has 4 bridgehead atoms. The van der Waals surface area contributed by atoms with Crippen molar-refractivity contribution in [2.45, 2.75) is 51.7 Å². The lowest BCUT2D eigenvalue weighted by Crippen LogP contribution is -2.18. The van der Waals surface area contributed by atoms with Crippen LogP contribution >= 0.6 is 0 Å². The van der Waals surface area contributed by atoms with E-state index in [0.29, 0.717) is 29.5 Å². The van der Waals surface area contributed by atoms with Crippen LogP contribution in [-0.2, 0) is 28.9 Å². The number of rotatable bonds is 1. The summed E-state index contributed by atoms with van der Waals surface area (Å²) in [5, 5.41) is 40.5. The third-order valence-corrected chi connectivity index (χ3v) is 4.89. The Hall–Kier alpha value is -1.80. The van der Waals surface area contributed by atoms with E-state index in [0.717, 1.165) is 16.7 Å². The van der Waals surface area contributed by atoms with E-state index in [2.05, 4.69) is 0 Å². The van der Waals surface area contributed by atoms with Gasteiger partial charge in [-0.1, -0.05) is 36.4 Å². The van der Waals surface area contributed by atoms with Crippen molar-refractivity contribution < 1.29 is 29.9 Å². The molecule has 27 heavy (non-hydrogen) atoms. The van der Waals surface area contributed by atoms with Gasteiger partial charge in [0.2, 0.25) is 0 Å². The number of aliphatic hydroxyl groups excluding tert-OH is 4. The molecule has 0 radical (unpaired) electrons. The van der Waals surface area contributed by atoms with Gasteiger partial charge in [-0.2, -0.15) is 0 Å². The number of hydrogen-bond donors (Lipinski definition) is 4. The predicted octanol–water partition coefficient (Wildman–Crippen LogP) is 2.01. The van der Waals surface area contributed by atoms with Crippen LogP contribution in [0.4, 0.5) is 0 Å². The fourth-order valence-electron chi connectivity index (χ4n) is 3.24. The molecule has 0 fully saturated rings. The Morgan fingerprint density at radius 1 is 0.926 bits per heavy atom. The lowest BCUT2D eigenvalue weighted by molar-refractivity contribution is -0.213. The first-order valence-electron chi connectivity index (χ1n) is 9.11. The van der Waals surface area contributed by atoms with Gasteiger partial charge in [-0.3, -0.25) is 0 Å². The lowest BCUT2D eigenvalue weighted by Gasteiger charge is -2.19. The Morgan fingerprint density at radius 2 is 1.63 bits per heavy atom. The summed E-state index contributed by atoms with van der Waals surface area (Å²) in [6.07, 6.45) is -2.19. The minimum absolute atomic E-state index is 0.199. The Balaban J connectivity index is 1.90. The number of fused-ring (bicyclic) bond motifs is 4. The standard InChI is InChI=1S/C21H26O6/c1-13-2-3-15-8-9-26-20(24)18-11-14(4-6-16(18)12-22)5-7-19(23)27-21(25)17(13)10-15/h2-4,6,10-11,19-25H,5,7-9,12H2,1H3. The fourth-order valence-corrected chi connectivity index (χ4v) is 3.24. The Bertz CT molecular complexity index is 775. The molecule has 6 nitrogen and oxygen atoms in total. The lowest BCUT2D eigenvalue weighted by atomic mass is 10.0. The van der Waals surface area contributed by atoms with Crippen LogP contribution < -0.4 is 0 Å². The minimum Gasteiger partial charge on any atom is -0.392 e. The monoisotopic (exact) mass is 374 g/mol. The van der Waals surface area contributed by atoms with E-state index in [1.807, 2.05) is 31.2 Å². The molecule has 1 heterocycles. The molecule has 1 aliphatic rings. The second-order valence-electron chi connectivity index (χ2n) is 6.84. The van der Waals surface area contributed by atoms with Gasteiger partial charge in [0.1, 0.15) is 0 Å². The summed E-state index contributed by atoms with van der Waals surface area (Å²) in [5.74, 6) is 0. The van der Waals surface area contributed by atoms with Crippen LogP contribution in [-0.4, -0.2) is 33.3 Å². The summed E-state index contributed by atoms with van der Waals surface area (Å²) in [4.78, 5) is 0. The number of aliphatic hydroxyl groups is 4. The first kappa shape index (κ1) is 19.9. The van der Waals surface area contributed by atoms with Crippen molar-refractivity contribution >= 4 is 0 Å². The molecule has 0 aromatic heterocycles. The zero-order valence-electron chi connectivity index (χ0n) is 15.3. The van der Waals surface area contributed by atoms with Gasteiger partial charge in [0, 0.05) is 17.5 Å². The van der Waals surface area contributed by atoms with Crippen molar-refractivity contribution in [3.05, 3.63) is 69.8 Å². The zero-order valence-corrected chi connectivity index (χ0v) is 15.3. The van der Waals surface area contributed by atoms with Crippen LogP contribution in [0.25, 0.3) is 0 Å². The Labute approximate surface area is 158 Å². The van der Waals surface area contributed by atoms with Crippen LogP contribution in [0.1, 0.15) is 52.4 Å². The van der Waals surface area contributed by atoms with Crippen molar-refractivity contribution in [2.75, 3.05) is 6.61 Å². The van der Waals surface area contributed by atoms with Crippen molar-refractivity contribution in [1.29, 1.82) is 0 Å². The van der Waals surface area contributed by atoms with Crippen LogP contribution in [0, 0.1) is 6.92 Å². The molecule has 3 rings (SSSR count). The van der Waals surface area contributed by atoms with E-state index in [-0.39, 0.29) is 19.6 Å². The maximum atomic E-state index is 10.4. The summed E-state index contributed by atoms with van der Waals surface area (Å²) >= 11 is 0. The summed E-state index contributed by atoms with van der Waals surface area (Å²) in [6.45, 7) is 1.95. The predicted molar refractivity (Wildman–Crippen MR) is 98.5 cm³/mol. The molecule has 4 N–H and O–H groups in total. The average Bonchev–Trinajstić information content (AvgIpc) is 2.66. The Kier molecular flexibility index (Phi) is 6.59. The van der Waals surface area contributed by atoms with Gasteiger partial charge in [0.15, 0.2) is 18.9 Å². The van der Waals surface area contributed by atoms with Crippen LogP contribution in [0.5, 0.6) is 0 Å². The molecule has 6 heteroatoms. The van der Waals surface area contributed by atoms with Crippen molar-refractivity contribution in [2.24, 2.45) is 0 Å². The van der Waals surface area contributed by atoms with Crippen LogP contribution in [0.15, 0.2) is 36.4 Å². The van der Waals surface area contributed by atoms with Crippen molar-refractivity contribution in [3.8, 4) is 0 Å². The zero-order chi connectivity index (χ0) is 19.4. The third kappa shape index (κ3) is 4.93. The maximum absolute atomic E-state index is 10.4. The SMILES string of the molecule is Cc1ccc2cc1C(O)OC(O)CCc1ccc(CO)c(c1)C(O)OCC2. The molecule has 0 saturated heterocycles. The van der Waals surface area contributed by atoms with Gasteiger partial charge in [0.05, 0.1) is 13.2 Å². The average molecular weight is 374 g/mol. The molecule has 0 aliphatic carbocycles. The molecule has 2 aromatic rings. The summed E-state index contributed by atoms with van der Waals surface area (Å²) in [5.41, 5.74) is 4.37. The minimum atomic E-state index is -1.22. The molecular formula is C21H26O6. The second kappa shape index (κ2) is 8.93. The van der Waals surface area contributed by atoms with Crippen LogP contribution in [0.2, 0.25) is 0 Å². The summed E-state index contributed by atoms with van der Waals surface area (Å²) in [6, 6.07) is 11.0. The molecule has 2 aromatic carbocycles. The third-order valence-electron chi connectivity index (χ3n) is 4.89. The highest BCUT2D eigenvalue weighted by molar-refractivity contribution is 5.34. The summed E-state index contributed by atoms with van der Waals surface area (Å²) < 4.78 is 11.0. The molecule has 3 atom stereocenters. The topological polar surface area (TPSA) is 99.4 Å². The number of hydrogen-bond acceptors (Lipinski definition) is 6. The molecule has 1 aliphatic heterocycles. The molecule has 146 valence electrons. The van der Waals surface area contributed by atoms with Crippen molar-refractivity contribution in [3.63, 3.8) is 0 Å². The molecule has 0 amide bonds. The number of benzene rings is 2. The highest BCUT2D eigenvalue weighted by atomic mass is 16.7. The van der Waals surface area contributed by atoms with E-state index in [1.54, 1.807) is 12.1 Å². The number of aryl methyl sites for hydroxylation is 2. The molecule has 3 unspecified atom stereocenters.